The van der Waals surface area contributed by atoms with E-state index in [2.05, 4.69) is 35.5 Å². The second-order valence-electron chi connectivity index (χ2n) is 2.97. The van der Waals surface area contributed by atoms with Crippen molar-refractivity contribution >= 4 is 5.97 Å². The summed E-state index contributed by atoms with van der Waals surface area (Å²) in [5.41, 5.74) is 0. The molecule has 0 aliphatic heterocycles. The van der Waals surface area contributed by atoms with E-state index >= 15 is 0 Å². The van der Waals surface area contributed by atoms with Gasteiger partial charge in [-0.15, -0.1) is 0 Å². The number of esters is 1. The van der Waals surface area contributed by atoms with E-state index in [-0.39, 0.29) is 6.61 Å². The Morgan fingerprint density at radius 1 is 1.28 bits per heavy atom. The monoisotopic (exact) mass is 242 g/mol. The minimum Gasteiger partial charge on any atom is -0.456 e. The van der Waals surface area contributed by atoms with E-state index < -0.39 is 12.1 Å². The molecule has 1 atom stereocenters. The zero-order valence-electron chi connectivity index (χ0n) is 10.4. The lowest BCUT2D eigenvalue weighted by Gasteiger charge is -2.08. The first-order valence-electron chi connectivity index (χ1n) is 5.24. The van der Waals surface area contributed by atoms with Crippen molar-refractivity contribution in [2.45, 2.75) is 20.0 Å². The summed E-state index contributed by atoms with van der Waals surface area (Å²) in [6.07, 6.45) is 5.82. The minimum absolute atomic E-state index is 0.253. The van der Waals surface area contributed by atoms with Gasteiger partial charge in [0.15, 0.2) is 0 Å². The molecule has 0 aromatic heterocycles. The molecule has 1 N–H and O–H groups in total. The molecule has 0 heterocycles. The van der Waals surface area contributed by atoms with E-state index in [0.717, 1.165) is 0 Å². The van der Waals surface area contributed by atoms with Crippen LogP contribution in [-0.4, -0.2) is 23.8 Å². The number of ether oxygens (including phenoxy) is 1. The fraction of sp³-hybridized carbons (Fsp3) is 0.267. The van der Waals surface area contributed by atoms with Crippen molar-refractivity contribution in [1.82, 2.24) is 0 Å². The van der Waals surface area contributed by atoms with Crippen LogP contribution in [0.1, 0.15) is 13.8 Å². The number of hydrogen-bond acceptors (Lipinski definition) is 3. The molecular formula is C15H14O3. The lowest BCUT2D eigenvalue weighted by molar-refractivity contribution is -0.145. The van der Waals surface area contributed by atoms with Gasteiger partial charge in [-0.1, -0.05) is 24.0 Å². The number of aliphatic hydroxyl groups excluding tert-OH is 1. The van der Waals surface area contributed by atoms with Gasteiger partial charge >= 0.3 is 5.97 Å². The fourth-order valence-corrected chi connectivity index (χ4v) is 0.845. The topological polar surface area (TPSA) is 46.5 Å². The Bertz CT molecular complexity index is 493. The van der Waals surface area contributed by atoms with Gasteiger partial charge < -0.3 is 9.84 Å². The normalized spacial score (nSPS) is 10.6. The maximum absolute atomic E-state index is 10.6. The van der Waals surface area contributed by atoms with Gasteiger partial charge in [0.1, 0.15) is 6.10 Å². The Kier molecular flexibility index (Phi) is 9.60. The zero-order chi connectivity index (χ0) is 13.6. The van der Waals surface area contributed by atoms with Crippen LogP contribution in [0.3, 0.4) is 0 Å². The molecule has 92 valence electrons. The van der Waals surface area contributed by atoms with Gasteiger partial charge in [-0.25, -0.2) is 0 Å². The van der Waals surface area contributed by atoms with Crippen LogP contribution in [0, 0.1) is 35.5 Å². The SMILES string of the molecule is CC#CC#CC#CC=CC=CC(CO)OC(C)=O. The molecule has 0 spiro atoms. The molecule has 0 fully saturated rings. The first-order valence-corrected chi connectivity index (χ1v) is 5.24. The molecule has 1 unspecified atom stereocenters. The smallest absolute Gasteiger partial charge is 0.303 e. The Labute approximate surface area is 108 Å². The summed E-state index contributed by atoms with van der Waals surface area (Å²) in [7, 11) is 0. The third-order valence-corrected chi connectivity index (χ3v) is 1.50. The highest BCUT2D eigenvalue weighted by molar-refractivity contribution is 5.66. The number of rotatable bonds is 4. The summed E-state index contributed by atoms with van der Waals surface area (Å²) in [5, 5.41) is 8.89. The second-order valence-corrected chi connectivity index (χ2v) is 2.97. The van der Waals surface area contributed by atoms with Crippen molar-refractivity contribution in [2.24, 2.45) is 0 Å². The maximum atomic E-state index is 10.6. The van der Waals surface area contributed by atoms with Crippen molar-refractivity contribution in [1.29, 1.82) is 0 Å². The van der Waals surface area contributed by atoms with E-state index in [9.17, 15) is 4.79 Å². The predicted octanol–water partition coefficient (Wildman–Crippen LogP) is 1.05. The predicted molar refractivity (Wildman–Crippen MR) is 69.9 cm³/mol. The molecule has 0 radical (unpaired) electrons. The van der Waals surface area contributed by atoms with E-state index in [1.165, 1.54) is 6.92 Å². The third kappa shape index (κ3) is 10.1. The highest BCUT2D eigenvalue weighted by Gasteiger charge is 2.04. The molecular weight excluding hydrogens is 228 g/mol. The van der Waals surface area contributed by atoms with Crippen molar-refractivity contribution in [3.63, 3.8) is 0 Å². The molecule has 0 aliphatic rings. The molecule has 18 heavy (non-hydrogen) atoms. The molecule has 0 saturated carbocycles. The average Bonchev–Trinajstić information content (AvgIpc) is 2.35. The van der Waals surface area contributed by atoms with Crippen LogP contribution in [0.25, 0.3) is 0 Å². The first-order chi connectivity index (χ1) is 8.70. The highest BCUT2D eigenvalue weighted by atomic mass is 16.5. The number of hydrogen-bond donors (Lipinski definition) is 1. The van der Waals surface area contributed by atoms with Crippen LogP contribution < -0.4 is 0 Å². The summed E-state index contributed by atoms with van der Waals surface area (Å²) >= 11 is 0. The molecule has 0 bridgehead atoms. The third-order valence-electron chi connectivity index (χ3n) is 1.50. The molecule has 0 aromatic carbocycles. The van der Waals surface area contributed by atoms with Crippen molar-refractivity contribution in [2.75, 3.05) is 6.61 Å². The van der Waals surface area contributed by atoms with Crippen LogP contribution in [0.2, 0.25) is 0 Å². The Balaban J connectivity index is 4.17. The zero-order valence-corrected chi connectivity index (χ0v) is 10.4. The average molecular weight is 242 g/mol. The Morgan fingerprint density at radius 2 is 2.00 bits per heavy atom. The standard InChI is InChI=1S/C15H14O3/c1-3-4-5-6-7-8-9-10-11-12-15(13-16)18-14(2)17/h9-12,15-16H,13H2,1-2H3. The van der Waals surface area contributed by atoms with Gasteiger partial charge in [0, 0.05) is 6.92 Å². The minimum atomic E-state index is -0.625. The number of aliphatic hydroxyl groups is 1. The van der Waals surface area contributed by atoms with E-state index in [1.54, 1.807) is 31.2 Å². The Morgan fingerprint density at radius 3 is 2.61 bits per heavy atom. The van der Waals surface area contributed by atoms with E-state index in [1.807, 2.05) is 0 Å². The van der Waals surface area contributed by atoms with Gasteiger partial charge in [0.25, 0.3) is 0 Å². The molecule has 3 heteroatoms. The van der Waals surface area contributed by atoms with Crippen LogP contribution in [0.5, 0.6) is 0 Å². The van der Waals surface area contributed by atoms with E-state index in [4.69, 9.17) is 9.84 Å². The Hall–Kier alpha value is -2.41. The summed E-state index contributed by atoms with van der Waals surface area (Å²) < 4.78 is 4.79. The van der Waals surface area contributed by atoms with Gasteiger partial charge in [0.2, 0.25) is 0 Å². The number of allylic oxidation sites excluding steroid dienone is 3. The molecule has 0 rings (SSSR count). The van der Waals surface area contributed by atoms with Gasteiger partial charge in [-0.2, -0.15) is 0 Å². The molecule has 0 amide bonds. The summed E-state index contributed by atoms with van der Waals surface area (Å²) in [5.74, 6) is 15.1. The highest BCUT2D eigenvalue weighted by Crippen LogP contribution is 1.94. The lowest BCUT2D eigenvalue weighted by Crippen LogP contribution is -2.17. The number of carbonyl (C=O) groups excluding carboxylic acids is 1. The molecule has 0 saturated heterocycles. The maximum Gasteiger partial charge on any atom is 0.303 e. The van der Waals surface area contributed by atoms with E-state index in [0.29, 0.717) is 0 Å². The quantitative estimate of drug-likeness (QED) is 0.455. The van der Waals surface area contributed by atoms with Crippen LogP contribution >= 0.6 is 0 Å². The largest absolute Gasteiger partial charge is 0.456 e. The second kappa shape index (κ2) is 11.1. The molecule has 3 nitrogen and oxygen atoms in total. The summed E-state index contributed by atoms with van der Waals surface area (Å²) in [6, 6.07) is 0. The van der Waals surface area contributed by atoms with Crippen LogP contribution in [0.15, 0.2) is 24.3 Å². The summed E-state index contributed by atoms with van der Waals surface area (Å²) in [4.78, 5) is 10.6. The molecule has 0 aliphatic carbocycles. The fourth-order valence-electron chi connectivity index (χ4n) is 0.845. The van der Waals surface area contributed by atoms with Crippen LogP contribution in [0.4, 0.5) is 0 Å². The lowest BCUT2D eigenvalue weighted by atomic mass is 10.3. The summed E-state index contributed by atoms with van der Waals surface area (Å²) in [6.45, 7) is 2.74. The van der Waals surface area contributed by atoms with Crippen molar-refractivity contribution in [3.05, 3.63) is 24.3 Å². The molecule has 0 aromatic rings. The van der Waals surface area contributed by atoms with Crippen molar-refractivity contribution < 1.29 is 14.6 Å². The van der Waals surface area contributed by atoms with Crippen molar-refractivity contribution in [3.8, 4) is 35.5 Å². The van der Waals surface area contributed by atoms with Gasteiger partial charge in [-0.05, 0) is 42.8 Å². The van der Waals surface area contributed by atoms with Gasteiger partial charge in [-0.3, -0.25) is 4.79 Å². The van der Waals surface area contributed by atoms with Gasteiger partial charge in [0.05, 0.1) is 6.61 Å². The van der Waals surface area contributed by atoms with Crippen LogP contribution in [-0.2, 0) is 9.53 Å². The number of carbonyl (C=O) groups is 1. The first kappa shape index (κ1) is 15.6.